The van der Waals surface area contributed by atoms with Crippen LogP contribution in [0.2, 0.25) is 10.0 Å². The van der Waals surface area contributed by atoms with Gasteiger partial charge in [-0.3, -0.25) is 10.1 Å². The van der Waals surface area contributed by atoms with Crippen LogP contribution in [0.25, 0.3) is 0 Å². The summed E-state index contributed by atoms with van der Waals surface area (Å²) >= 11 is 11.9. The van der Waals surface area contributed by atoms with Crippen molar-refractivity contribution in [3.05, 3.63) is 68.2 Å². The molecule has 0 amide bonds. The highest BCUT2D eigenvalue weighted by molar-refractivity contribution is 7.89. The third-order valence-electron chi connectivity index (χ3n) is 3.12. The molecule has 0 spiro atoms. The maximum atomic E-state index is 12.3. The number of hydrogen-bond donors (Lipinski definition) is 1. The van der Waals surface area contributed by atoms with Gasteiger partial charge in [0.15, 0.2) is 0 Å². The molecule has 2 rings (SSSR count). The predicted molar refractivity (Wildman–Crippen MR) is 88.3 cm³/mol. The molecule has 0 aliphatic rings. The summed E-state index contributed by atoms with van der Waals surface area (Å²) in [5, 5.41) is 11.4. The molecule has 0 aliphatic carbocycles. The maximum Gasteiger partial charge on any atom is 0.269 e. The number of hydrogen-bond acceptors (Lipinski definition) is 4. The first-order chi connectivity index (χ1) is 10.7. The molecule has 6 nitrogen and oxygen atoms in total. The molecule has 1 unspecified atom stereocenters. The van der Waals surface area contributed by atoms with Crippen LogP contribution in [0.1, 0.15) is 18.5 Å². The quantitative estimate of drug-likeness (QED) is 0.633. The van der Waals surface area contributed by atoms with Crippen molar-refractivity contribution >= 4 is 38.9 Å². The number of nitro groups is 1. The van der Waals surface area contributed by atoms with E-state index < -0.39 is 21.0 Å². The molecule has 0 bridgehead atoms. The van der Waals surface area contributed by atoms with Crippen LogP contribution in [0, 0.1) is 10.1 Å². The van der Waals surface area contributed by atoms with Crippen LogP contribution in [0.3, 0.4) is 0 Å². The summed E-state index contributed by atoms with van der Waals surface area (Å²) in [4.78, 5) is 9.94. The minimum atomic E-state index is -3.84. The van der Waals surface area contributed by atoms with Gasteiger partial charge in [0.25, 0.3) is 5.69 Å². The van der Waals surface area contributed by atoms with E-state index in [9.17, 15) is 18.5 Å². The Labute approximate surface area is 143 Å². The zero-order valence-corrected chi connectivity index (χ0v) is 14.2. The Bertz CT molecular complexity index is 838. The summed E-state index contributed by atoms with van der Waals surface area (Å²) in [5.41, 5.74) is 0.388. The van der Waals surface area contributed by atoms with Crippen molar-refractivity contribution in [2.45, 2.75) is 17.9 Å². The third-order valence-corrected chi connectivity index (χ3v) is 5.24. The van der Waals surface area contributed by atoms with Crippen molar-refractivity contribution in [2.24, 2.45) is 0 Å². The Hall–Kier alpha value is -1.67. The number of benzene rings is 2. The molecule has 0 aromatic heterocycles. The zero-order chi connectivity index (χ0) is 17.2. The van der Waals surface area contributed by atoms with Crippen molar-refractivity contribution in [3.8, 4) is 0 Å². The van der Waals surface area contributed by atoms with E-state index in [-0.39, 0.29) is 10.6 Å². The van der Waals surface area contributed by atoms with Crippen LogP contribution in [0.15, 0.2) is 47.4 Å². The van der Waals surface area contributed by atoms with Gasteiger partial charge in [0.05, 0.1) is 9.82 Å². The fraction of sp³-hybridized carbons (Fsp3) is 0.143. The summed E-state index contributed by atoms with van der Waals surface area (Å²) in [6.07, 6.45) is 0. The number of nitrogens with one attached hydrogen (secondary N) is 1. The van der Waals surface area contributed by atoms with E-state index in [1.54, 1.807) is 19.1 Å². The van der Waals surface area contributed by atoms with E-state index in [1.807, 2.05) is 0 Å². The highest BCUT2D eigenvalue weighted by atomic mass is 35.5. The van der Waals surface area contributed by atoms with Crippen LogP contribution >= 0.6 is 23.2 Å². The second-order valence-corrected chi connectivity index (χ2v) is 7.32. The van der Waals surface area contributed by atoms with Crippen molar-refractivity contribution < 1.29 is 13.3 Å². The second kappa shape index (κ2) is 6.84. The number of sulfonamides is 1. The summed E-state index contributed by atoms with van der Waals surface area (Å²) < 4.78 is 27.1. The van der Waals surface area contributed by atoms with Crippen molar-refractivity contribution in [1.82, 2.24) is 4.72 Å². The summed E-state index contributed by atoms with van der Waals surface area (Å²) in [6, 6.07) is 8.79. The molecule has 2 aromatic carbocycles. The van der Waals surface area contributed by atoms with Crippen molar-refractivity contribution in [1.29, 1.82) is 0 Å². The van der Waals surface area contributed by atoms with E-state index in [0.29, 0.717) is 15.6 Å². The molecule has 0 radical (unpaired) electrons. The van der Waals surface area contributed by atoms with E-state index in [0.717, 1.165) is 12.1 Å². The summed E-state index contributed by atoms with van der Waals surface area (Å²) in [5.74, 6) is 0. The largest absolute Gasteiger partial charge is 0.269 e. The summed E-state index contributed by atoms with van der Waals surface area (Å²) in [7, 11) is -3.84. The molecule has 1 atom stereocenters. The van der Waals surface area contributed by atoms with Gasteiger partial charge in [0.1, 0.15) is 0 Å². The van der Waals surface area contributed by atoms with Gasteiger partial charge < -0.3 is 0 Å². The highest BCUT2D eigenvalue weighted by Crippen LogP contribution is 2.27. The molecule has 122 valence electrons. The highest BCUT2D eigenvalue weighted by Gasteiger charge is 2.20. The molecule has 0 fully saturated rings. The number of rotatable bonds is 5. The number of non-ortho nitro benzene ring substituents is 1. The Morgan fingerprint density at radius 2 is 1.74 bits per heavy atom. The van der Waals surface area contributed by atoms with Gasteiger partial charge in [-0.15, -0.1) is 0 Å². The van der Waals surface area contributed by atoms with Gasteiger partial charge in [-0.25, -0.2) is 13.1 Å². The second-order valence-electron chi connectivity index (χ2n) is 4.76. The molecule has 0 saturated carbocycles. The average Bonchev–Trinajstić information content (AvgIpc) is 2.46. The first-order valence-electron chi connectivity index (χ1n) is 6.42. The Balaban J connectivity index is 2.24. The Morgan fingerprint density at radius 3 is 2.26 bits per heavy atom. The van der Waals surface area contributed by atoms with Gasteiger partial charge in [-0.2, -0.15) is 0 Å². The van der Waals surface area contributed by atoms with Crippen LogP contribution < -0.4 is 4.72 Å². The lowest BCUT2D eigenvalue weighted by molar-refractivity contribution is -0.384. The molecule has 0 heterocycles. The molecular weight excluding hydrogens is 363 g/mol. The van der Waals surface area contributed by atoms with E-state index in [2.05, 4.69) is 4.72 Å². The van der Waals surface area contributed by atoms with E-state index >= 15 is 0 Å². The van der Waals surface area contributed by atoms with Gasteiger partial charge in [0.2, 0.25) is 10.0 Å². The standard InChI is InChI=1S/C14H12Cl2N2O4S/c1-9(13-7-2-10(15)8-14(13)16)17-23(21,22)12-5-3-11(4-6-12)18(19)20/h2-9,17H,1H3. The lowest BCUT2D eigenvalue weighted by atomic mass is 10.1. The lowest BCUT2D eigenvalue weighted by Crippen LogP contribution is -2.27. The molecule has 0 saturated heterocycles. The van der Waals surface area contributed by atoms with Crippen LogP contribution in [0.5, 0.6) is 0 Å². The minimum Gasteiger partial charge on any atom is -0.258 e. The molecule has 1 N–H and O–H groups in total. The van der Waals surface area contributed by atoms with Gasteiger partial charge in [-0.1, -0.05) is 29.3 Å². The van der Waals surface area contributed by atoms with E-state index in [1.165, 1.54) is 18.2 Å². The normalized spacial score (nSPS) is 12.8. The monoisotopic (exact) mass is 374 g/mol. The number of halogens is 2. The van der Waals surface area contributed by atoms with Gasteiger partial charge in [0, 0.05) is 28.2 Å². The third kappa shape index (κ3) is 4.20. The Morgan fingerprint density at radius 1 is 1.13 bits per heavy atom. The van der Waals surface area contributed by atoms with Gasteiger partial charge >= 0.3 is 0 Å². The molecule has 2 aromatic rings. The van der Waals surface area contributed by atoms with Crippen LogP contribution in [0.4, 0.5) is 5.69 Å². The van der Waals surface area contributed by atoms with Crippen LogP contribution in [-0.2, 0) is 10.0 Å². The number of nitro benzene ring substituents is 1. The molecule has 23 heavy (non-hydrogen) atoms. The first kappa shape index (κ1) is 17.7. The lowest BCUT2D eigenvalue weighted by Gasteiger charge is -2.16. The fourth-order valence-electron chi connectivity index (χ4n) is 1.96. The Kier molecular flexibility index (Phi) is 5.26. The van der Waals surface area contributed by atoms with Crippen molar-refractivity contribution in [3.63, 3.8) is 0 Å². The molecule has 9 heteroatoms. The smallest absolute Gasteiger partial charge is 0.258 e. The summed E-state index contributed by atoms with van der Waals surface area (Å²) in [6.45, 7) is 1.64. The zero-order valence-electron chi connectivity index (χ0n) is 11.9. The predicted octanol–water partition coefficient (Wildman–Crippen LogP) is 3.94. The molecular formula is C14H12Cl2N2O4S. The van der Waals surface area contributed by atoms with Gasteiger partial charge in [-0.05, 0) is 36.8 Å². The minimum absolute atomic E-state index is 0.0694. The molecule has 0 aliphatic heterocycles. The first-order valence-corrected chi connectivity index (χ1v) is 8.66. The van der Waals surface area contributed by atoms with Crippen molar-refractivity contribution in [2.75, 3.05) is 0 Å². The number of nitrogens with zero attached hydrogens (tertiary/aromatic N) is 1. The SMILES string of the molecule is CC(NS(=O)(=O)c1ccc([N+](=O)[O-])cc1)c1ccc(Cl)cc1Cl. The topological polar surface area (TPSA) is 89.3 Å². The fourth-order valence-corrected chi connectivity index (χ4v) is 3.76. The van der Waals surface area contributed by atoms with E-state index in [4.69, 9.17) is 23.2 Å². The average molecular weight is 375 g/mol. The maximum absolute atomic E-state index is 12.3. The van der Waals surface area contributed by atoms with Crippen LogP contribution in [-0.4, -0.2) is 13.3 Å².